The van der Waals surface area contributed by atoms with Crippen LogP contribution in [0.3, 0.4) is 0 Å². The lowest BCUT2D eigenvalue weighted by Gasteiger charge is -2.05. The molecule has 0 spiro atoms. The highest BCUT2D eigenvalue weighted by Crippen LogP contribution is 2.23. The lowest BCUT2D eigenvalue weighted by atomic mass is 10.4. The summed E-state index contributed by atoms with van der Waals surface area (Å²) in [7, 11) is 0. The van der Waals surface area contributed by atoms with E-state index in [1.807, 2.05) is 6.08 Å². The number of nitrogens with one attached hydrogen (secondary N) is 1. The van der Waals surface area contributed by atoms with E-state index in [4.69, 9.17) is 11.6 Å². The molecule has 0 aromatic carbocycles. The highest BCUT2D eigenvalue weighted by atomic mass is 35.5. The number of hydrogen-bond acceptors (Lipinski definition) is 5. The van der Waals surface area contributed by atoms with Crippen molar-refractivity contribution in [2.24, 2.45) is 0 Å². The van der Waals surface area contributed by atoms with Gasteiger partial charge in [-0.2, -0.15) is 11.8 Å². The van der Waals surface area contributed by atoms with Crippen LogP contribution in [0.15, 0.2) is 24.8 Å². The van der Waals surface area contributed by atoms with E-state index in [2.05, 4.69) is 16.9 Å². The standard InChI is InChI=1S/C10H12ClN3O2S/c1-2-6-17-7-5-12-10-8(14(15)16)3-4-9(11)13-10/h2-4H,1,5-7H2,(H,12,13). The number of hydrogen-bond donors (Lipinski definition) is 1. The van der Waals surface area contributed by atoms with Crippen LogP contribution in [-0.4, -0.2) is 28.0 Å². The zero-order valence-corrected chi connectivity index (χ0v) is 10.6. The fourth-order valence-electron chi connectivity index (χ4n) is 1.11. The highest BCUT2D eigenvalue weighted by molar-refractivity contribution is 7.99. The molecule has 0 fully saturated rings. The normalized spacial score (nSPS) is 9.94. The summed E-state index contributed by atoms with van der Waals surface area (Å²) in [4.78, 5) is 14.1. The molecule has 7 heteroatoms. The van der Waals surface area contributed by atoms with Gasteiger partial charge in [-0.3, -0.25) is 10.1 Å². The topological polar surface area (TPSA) is 68.1 Å². The van der Waals surface area contributed by atoms with E-state index in [0.29, 0.717) is 6.54 Å². The summed E-state index contributed by atoms with van der Waals surface area (Å²) < 4.78 is 0. The van der Waals surface area contributed by atoms with Crippen LogP contribution >= 0.6 is 23.4 Å². The molecular formula is C10H12ClN3O2S. The molecule has 5 nitrogen and oxygen atoms in total. The smallest absolute Gasteiger partial charge is 0.311 e. The minimum atomic E-state index is -0.484. The van der Waals surface area contributed by atoms with E-state index >= 15 is 0 Å². The van der Waals surface area contributed by atoms with Crippen LogP contribution in [0.4, 0.5) is 11.5 Å². The first-order chi connectivity index (χ1) is 8.15. The molecule has 0 saturated carbocycles. The summed E-state index contributed by atoms with van der Waals surface area (Å²) >= 11 is 7.37. The average Bonchev–Trinajstić information content (AvgIpc) is 2.28. The molecule has 0 amide bonds. The van der Waals surface area contributed by atoms with E-state index in [9.17, 15) is 10.1 Å². The van der Waals surface area contributed by atoms with Crippen LogP contribution in [0.25, 0.3) is 0 Å². The molecule has 1 rings (SSSR count). The second-order valence-electron chi connectivity index (χ2n) is 3.05. The third kappa shape index (κ3) is 4.62. The summed E-state index contributed by atoms with van der Waals surface area (Å²) in [6.45, 7) is 4.20. The number of nitrogens with zero attached hydrogens (tertiary/aromatic N) is 2. The van der Waals surface area contributed by atoms with Gasteiger partial charge in [-0.25, -0.2) is 4.98 Å². The lowest BCUT2D eigenvalue weighted by molar-refractivity contribution is -0.384. The molecule has 0 bridgehead atoms. The Morgan fingerprint density at radius 3 is 3.06 bits per heavy atom. The summed E-state index contributed by atoms with van der Waals surface area (Å²) in [5, 5.41) is 13.9. The van der Waals surface area contributed by atoms with Gasteiger partial charge in [0.15, 0.2) is 0 Å². The fourth-order valence-corrected chi connectivity index (χ4v) is 1.84. The van der Waals surface area contributed by atoms with Gasteiger partial charge in [0.1, 0.15) is 5.15 Å². The first-order valence-electron chi connectivity index (χ1n) is 4.88. The molecule has 1 N–H and O–H groups in total. The Kier molecular flexibility index (Phi) is 5.79. The van der Waals surface area contributed by atoms with Gasteiger partial charge in [0.25, 0.3) is 0 Å². The van der Waals surface area contributed by atoms with Crippen LogP contribution in [0, 0.1) is 10.1 Å². The van der Waals surface area contributed by atoms with Crippen molar-refractivity contribution in [2.75, 3.05) is 23.4 Å². The number of pyridine rings is 1. The van der Waals surface area contributed by atoms with Crippen molar-refractivity contribution in [3.8, 4) is 0 Å². The molecule has 1 heterocycles. The van der Waals surface area contributed by atoms with Gasteiger partial charge in [0.2, 0.25) is 5.82 Å². The molecule has 1 aromatic rings. The zero-order valence-electron chi connectivity index (χ0n) is 9.06. The van der Waals surface area contributed by atoms with Crippen molar-refractivity contribution in [1.82, 2.24) is 4.98 Å². The zero-order chi connectivity index (χ0) is 12.7. The molecule has 0 aliphatic carbocycles. The average molecular weight is 274 g/mol. The van der Waals surface area contributed by atoms with Crippen LogP contribution in [0.2, 0.25) is 5.15 Å². The summed E-state index contributed by atoms with van der Waals surface area (Å²) in [5.41, 5.74) is -0.0666. The van der Waals surface area contributed by atoms with Crippen molar-refractivity contribution in [3.63, 3.8) is 0 Å². The number of aromatic nitrogens is 1. The largest absolute Gasteiger partial charge is 0.363 e. The quantitative estimate of drug-likeness (QED) is 0.272. The van der Waals surface area contributed by atoms with Crippen molar-refractivity contribution >= 4 is 34.9 Å². The maximum atomic E-state index is 10.7. The van der Waals surface area contributed by atoms with E-state index in [-0.39, 0.29) is 16.7 Å². The number of anilines is 1. The van der Waals surface area contributed by atoms with Crippen molar-refractivity contribution in [2.45, 2.75) is 0 Å². The molecule has 0 aliphatic heterocycles. The molecule has 0 unspecified atom stereocenters. The Morgan fingerprint density at radius 1 is 1.65 bits per heavy atom. The maximum Gasteiger partial charge on any atom is 0.311 e. The Balaban J connectivity index is 2.59. The van der Waals surface area contributed by atoms with Crippen molar-refractivity contribution < 1.29 is 4.92 Å². The van der Waals surface area contributed by atoms with Crippen molar-refractivity contribution in [1.29, 1.82) is 0 Å². The Labute approximate surface area is 108 Å². The van der Waals surface area contributed by atoms with Crippen LogP contribution in [0.1, 0.15) is 0 Å². The van der Waals surface area contributed by atoms with Gasteiger partial charge in [0.05, 0.1) is 4.92 Å². The predicted octanol–water partition coefficient (Wildman–Crippen LogP) is 2.97. The molecular weight excluding hydrogens is 262 g/mol. The first kappa shape index (κ1) is 13.8. The van der Waals surface area contributed by atoms with Gasteiger partial charge in [-0.15, -0.1) is 6.58 Å². The molecule has 1 aromatic heterocycles. The van der Waals surface area contributed by atoms with E-state index in [1.54, 1.807) is 11.8 Å². The third-order valence-electron chi connectivity index (χ3n) is 1.81. The summed E-state index contributed by atoms with van der Waals surface area (Å²) in [5.74, 6) is 1.88. The molecule has 92 valence electrons. The summed E-state index contributed by atoms with van der Waals surface area (Å²) in [6.07, 6.45) is 1.81. The van der Waals surface area contributed by atoms with Crippen LogP contribution < -0.4 is 5.32 Å². The first-order valence-corrected chi connectivity index (χ1v) is 6.42. The monoisotopic (exact) mass is 273 g/mol. The van der Waals surface area contributed by atoms with Crippen LogP contribution in [0.5, 0.6) is 0 Å². The molecule has 17 heavy (non-hydrogen) atoms. The summed E-state index contributed by atoms with van der Waals surface area (Å²) in [6, 6.07) is 2.74. The van der Waals surface area contributed by atoms with E-state index in [0.717, 1.165) is 11.5 Å². The highest BCUT2D eigenvalue weighted by Gasteiger charge is 2.14. The van der Waals surface area contributed by atoms with Gasteiger partial charge >= 0.3 is 5.69 Å². The Morgan fingerprint density at radius 2 is 2.41 bits per heavy atom. The maximum absolute atomic E-state index is 10.7. The minimum absolute atomic E-state index is 0.0666. The van der Waals surface area contributed by atoms with Gasteiger partial charge in [-0.05, 0) is 6.07 Å². The number of nitro groups is 1. The minimum Gasteiger partial charge on any atom is -0.363 e. The fraction of sp³-hybridized carbons (Fsp3) is 0.300. The van der Waals surface area contributed by atoms with Gasteiger partial charge in [0, 0.05) is 24.1 Å². The predicted molar refractivity (Wildman–Crippen MR) is 71.9 cm³/mol. The molecule has 0 radical (unpaired) electrons. The lowest BCUT2D eigenvalue weighted by Crippen LogP contribution is -2.08. The molecule has 0 saturated heterocycles. The Hall–Kier alpha value is -1.27. The van der Waals surface area contributed by atoms with Gasteiger partial charge in [-0.1, -0.05) is 17.7 Å². The Bertz CT molecular complexity index is 415. The van der Waals surface area contributed by atoms with Crippen molar-refractivity contribution in [3.05, 3.63) is 40.1 Å². The SMILES string of the molecule is C=CCSCCNc1nc(Cl)ccc1[N+](=O)[O-]. The third-order valence-corrected chi connectivity index (χ3v) is 2.99. The number of rotatable bonds is 7. The van der Waals surface area contributed by atoms with E-state index in [1.165, 1.54) is 12.1 Å². The number of thioether (sulfide) groups is 1. The van der Waals surface area contributed by atoms with Crippen LogP contribution in [-0.2, 0) is 0 Å². The second-order valence-corrected chi connectivity index (χ2v) is 4.59. The van der Waals surface area contributed by atoms with E-state index < -0.39 is 4.92 Å². The molecule has 0 aliphatic rings. The second kappa shape index (κ2) is 7.13. The number of halogens is 1. The molecule has 0 atom stereocenters. The van der Waals surface area contributed by atoms with Gasteiger partial charge < -0.3 is 5.32 Å².